The van der Waals surface area contributed by atoms with E-state index in [1.807, 2.05) is 30.3 Å². The van der Waals surface area contributed by atoms with Gasteiger partial charge < -0.3 is 5.73 Å². The molecule has 0 aliphatic carbocycles. The van der Waals surface area contributed by atoms with Crippen LogP contribution in [-0.4, -0.2) is 0 Å². The lowest BCUT2D eigenvalue weighted by Crippen LogP contribution is -2.14. The Kier molecular flexibility index (Phi) is 3.22. The molecule has 2 aromatic carbocycles. The van der Waals surface area contributed by atoms with E-state index in [1.54, 1.807) is 12.1 Å². The molecule has 0 bridgehead atoms. The Labute approximate surface area is 98.7 Å². The fourth-order valence-electron chi connectivity index (χ4n) is 1.63. The third kappa shape index (κ3) is 2.08. The monoisotopic (exact) mass is 235 g/mol. The van der Waals surface area contributed by atoms with Crippen LogP contribution in [0.2, 0.25) is 5.02 Å². The summed E-state index contributed by atoms with van der Waals surface area (Å²) in [6, 6.07) is 13.4. The molecule has 2 N–H and O–H groups in total. The summed E-state index contributed by atoms with van der Waals surface area (Å²) >= 11 is 5.95. The van der Waals surface area contributed by atoms with Crippen molar-refractivity contribution in [2.45, 2.75) is 6.04 Å². The molecule has 1 unspecified atom stereocenters. The number of benzene rings is 2. The lowest BCUT2D eigenvalue weighted by atomic mass is 9.99. The standard InChI is InChI=1S/C13H11ClFN/c14-10-7-4-8-11(15)12(10)13(16)9-5-2-1-3-6-9/h1-8,13H,16H2. The Balaban J connectivity index is 2.46. The van der Waals surface area contributed by atoms with Crippen molar-refractivity contribution in [3.05, 3.63) is 70.5 Å². The first-order valence-electron chi connectivity index (χ1n) is 4.94. The molecule has 0 radical (unpaired) electrons. The lowest BCUT2D eigenvalue weighted by Gasteiger charge is -2.14. The molecule has 82 valence electrons. The van der Waals surface area contributed by atoms with Gasteiger partial charge in [-0.25, -0.2) is 4.39 Å². The first-order chi connectivity index (χ1) is 7.70. The van der Waals surface area contributed by atoms with Gasteiger partial charge in [-0.1, -0.05) is 48.0 Å². The van der Waals surface area contributed by atoms with E-state index >= 15 is 0 Å². The second-order valence-electron chi connectivity index (χ2n) is 3.52. The molecule has 2 rings (SSSR count). The first-order valence-corrected chi connectivity index (χ1v) is 5.32. The third-order valence-corrected chi connectivity index (χ3v) is 2.80. The van der Waals surface area contributed by atoms with Crippen LogP contribution in [0, 0.1) is 5.82 Å². The minimum Gasteiger partial charge on any atom is -0.320 e. The summed E-state index contributed by atoms with van der Waals surface area (Å²) in [5.74, 6) is -0.371. The van der Waals surface area contributed by atoms with Crippen molar-refractivity contribution < 1.29 is 4.39 Å². The number of halogens is 2. The van der Waals surface area contributed by atoms with E-state index in [0.717, 1.165) is 5.56 Å². The highest BCUT2D eigenvalue weighted by molar-refractivity contribution is 6.31. The fourth-order valence-corrected chi connectivity index (χ4v) is 1.92. The van der Waals surface area contributed by atoms with Crippen molar-refractivity contribution in [3.63, 3.8) is 0 Å². The van der Waals surface area contributed by atoms with E-state index in [2.05, 4.69) is 0 Å². The van der Waals surface area contributed by atoms with Crippen LogP contribution in [0.4, 0.5) is 4.39 Å². The fraction of sp³-hybridized carbons (Fsp3) is 0.0769. The zero-order valence-corrected chi connectivity index (χ0v) is 9.29. The van der Waals surface area contributed by atoms with E-state index in [0.29, 0.717) is 10.6 Å². The summed E-state index contributed by atoms with van der Waals surface area (Å²) in [5.41, 5.74) is 7.18. The van der Waals surface area contributed by atoms with Crippen LogP contribution in [0.15, 0.2) is 48.5 Å². The van der Waals surface area contributed by atoms with Gasteiger partial charge in [0.15, 0.2) is 0 Å². The molecule has 0 saturated carbocycles. The predicted molar refractivity (Wildman–Crippen MR) is 63.9 cm³/mol. The van der Waals surface area contributed by atoms with Crippen molar-refractivity contribution in [1.29, 1.82) is 0 Å². The highest BCUT2D eigenvalue weighted by atomic mass is 35.5. The number of rotatable bonds is 2. The Morgan fingerprint density at radius 1 is 1.00 bits per heavy atom. The maximum Gasteiger partial charge on any atom is 0.129 e. The second-order valence-corrected chi connectivity index (χ2v) is 3.93. The quantitative estimate of drug-likeness (QED) is 0.847. The van der Waals surface area contributed by atoms with Crippen LogP contribution in [0.3, 0.4) is 0 Å². The summed E-state index contributed by atoms with van der Waals surface area (Å²) in [6.07, 6.45) is 0. The molecular formula is C13H11ClFN. The minimum atomic E-state index is -0.533. The van der Waals surface area contributed by atoms with Crippen LogP contribution in [0.25, 0.3) is 0 Å². The topological polar surface area (TPSA) is 26.0 Å². The zero-order valence-electron chi connectivity index (χ0n) is 8.53. The molecule has 2 aromatic rings. The molecule has 0 saturated heterocycles. The van der Waals surface area contributed by atoms with Crippen LogP contribution in [0.1, 0.15) is 17.2 Å². The number of hydrogen-bond acceptors (Lipinski definition) is 1. The average molecular weight is 236 g/mol. The van der Waals surface area contributed by atoms with E-state index in [4.69, 9.17) is 17.3 Å². The molecule has 1 atom stereocenters. The van der Waals surface area contributed by atoms with E-state index < -0.39 is 6.04 Å². The van der Waals surface area contributed by atoms with Crippen molar-refractivity contribution in [2.75, 3.05) is 0 Å². The Morgan fingerprint density at radius 2 is 1.69 bits per heavy atom. The van der Waals surface area contributed by atoms with Gasteiger partial charge in [0.05, 0.1) is 6.04 Å². The van der Waals surface area contributed by atoms with Gasteiger partial charge in [-0.05, 0) is 17.7 Å². The van der Waals surface area contributed by atoms with Crippen molar-refractivity contribution in [2.24, 2.45) is 5.73 Å². The van der Waals surface area contributed by atoms with Gasteiger partial charge in [0.1, 0.15) is 5.82 Å². The molecule has 0 aromatic heterocycles. The smallest absolute Gasteiger partial charge is 0.129 e. The molecule has 3 heteroatoms. The number of hydrogen-bond donors (Lipinski definition) is 1. The Hall–Kier alpha value is -1.38. The molecule has 1 nitrogen and oxygen atoms in total. The molecule has 0 aliphatic heterocycles. The van der Waals surface area contributed by atoms with Gasteiger partial charge in [-0.3, -0.25) is 0 Å². The summed E-state index contributed by atoms with van der Waals surface area (Å²) in [5, 5.41) is 0.358. The van der Waals surface area contributed by atoms with Crippen molar-refractivity contribution in [1.82, 2.24) is 0 Å². The zero-order chi connectivity index (χ0) is 11.5. The first kappa shape index (κ1) is 11.1. The van der Waals surface area contributed by atoms with Gasteiger partial charge in [-0.2, -0.15) is 0 Å². The molecule has 16 heavy (non-hydrogen) atoms. The van der Waals surface area contributed by atoms with Crippen LogP contribution in [0.5, 0.6) is 0 Å². The summed E-state index contributed by atoms with van der Waals surface area (Å²) in [4.78, 5) is 0. The lowest BCUT2D eigenvalue weighted by molar-refractivity contribution is 0.600. The largest absolute Gasteiger partial charge is 0.320 e. The Morgan fingerprint density at radius 3 is 2.31 bits per heavy atom. The van der Waals surface area contributed by atoms with E-state index in [-0.39, 0.29) is 5.82 Å². The van der Waals surface area contributed by atoms with Crippen LogP contribution in [-0.2, 0) is 0 Å². The highest BCUT2D eigenvalue weighted by Crippen LogP contribution is 2.28. The SMILES string of the molecule is NC(c1ccccc1)c1c(F)cccc1Cl. The maximum atomic E-state index is 13.6. The van der Waals surface area contributed by atoms with E-state index in [1.165, 1.54) is 6.07 Å². The predicted octanol–water partition coefficient (Wildman–Crippen LogP) is 3.53. The normalized spacial score (nSPS) is 12.4. The van der Waals surface area contributed by atoms with Crippen LogP contribution >= 0.6 is 11.6 Å². The van der Waals surface area contributed by atoms with Gasteiger partial charge in [0, 0.05) is 10.6 Å². The number of nitrogens with two attached hydrogens (primary N) is 1. The van der Waals surface area contributed by atoms with Crippen molar-refractivity contribution >= 4 is 11.6 Å². The summed E-state index contributed by atoms with van der Waals surface area (Å²) < 4.78 is 13.6. The average Bonchev–Trinajstić information content (AvgIpc) is 2.30. The Bertz CT molecular complexity index is 464. The van der Waals surface area contributed by atoms with Gasteiger partial charge in [0.25, 0.3) is 0 Å². The summed E-state index contributed by atoms with van der Waals surface area (Å²) in [6.45, 7) is 0. The van der Waals surface area contributed by atoms with Gasteiger partial charge in [-0.15, -0.1) is 0 Å². The van der Waals surface area contributed by atoms with Gasteiger partial charge >= 0.3 is 0 Å². The summed E-state index contributed by atoms with van der Waals surface area (Å²) in [7, 11) is 0. The van der Waals surface area contributed by atoms with Crippen LogP contribution < -0.4 is 5.73 Å². The second kappa shape index (κ2) is 4.64. The highest BCUT2D eigenvalue weighted by Gasteiger charge is 2.16. The molecular weight excluding hydrogens is 225 g/mol. The van der Waals surface area contributed by atoms with Crippen molar-refractivity contribution in [3.8, 4) is 0 Å². The van der Waals surface area contributed by atoms with E-state index in [9.17, 15) is 4.39 Å². The molecule has 0 aliphatic rings. The maximum absolute atomic E-state index is 13.6. The molecule has 0 amide bonds. The third-order valence-electron chi connectivity index (χ3n) is 2.47. The molecule has 0 spiro atoms. The molecule has 0 fully saturated rings. The molecule has 0 heterocycles. The minimum absolute atomic E-state index is 0.343. The van der Waals surface area contributed by atoms with Gasteiger partial charge in [0.2, 0.25) is 0 Å².